The second-order valence-electron chi connectivity index (χ2n) is 5.31. The second-order valence-corrected chi connectivity index (χ2v) is 8.00. The van der Waals surface area contributed by atoms with Crippen molar-refractivity contribution in [3.8, 4) is 0 Å². The summed E-state index contributed by atoms with van der Waals surface area (Å²) in [6.07, 6.45) is 1.51. The van der Waals surface area contributed by atoms with Gasteiger partial charge in [0.15, 0.2) is 0 Å². The third-order valence-electron chi connectivity index (χ3n) is 3.76. The average Bonchev–Trinajstić information content (AvgIpc) is 2.45. The molecule has 0 aliphatic carbocycles. The molecule has 0 fully saturated rings. The molecule has 126 valence electrons. The zero-order chi connectivity index (χ0) is 17.9. The maximum Gasteiger partial charge on any atom is 0.313 e. The van der Waals surface area contributed by atoms with E-state index in [0.717, 1.165) is 5.56 Å². The van der Waals surface area contributed by atoms with Gasteiger partial charge in [-0.1, -0.05) is 12.1 Å². The monoisotopic (exact) mass is 368 g/mol. The zero-order valence-corrected chi connectivity index (χ0v) is 14.2. The molecule has 0 unspecified atom stereocenters. The molecule has 2 aromatic heterocycles. The van der Waals surface area contributed by atoms with Gasteiger partial charge in [-0.2, -0.15) is 16.8 Å². The number of rotatable bonds is 2. The number of hydrogen-bond donors (Lipinski definition) is 2. The van der Waals surface area contributed by atoms with Gasteiger partial charge in [0.05, 0.1) is 11.0 Å². The van der Waals surface area contributed by atoms with Crippen molar-refractivity contribution in [2.24, 2.45) is 0 Å². The van der Waals surface area contributed by atoms with Crippen LogP contribution in [0.1, 0.15) is 11.1 Å². The maximum atomic E-state index is 11.6. The average molecular weight is 368 g/mol. The lowest BCUT2D eigenvalue weighted by atomic mass is 10.0. The number of benzene rings is 1. The van der Waals surface area contributed by atoms with Gasteiger partial charge in [0.1, 0.15) is 4.90 Å². The van der Waals surface area contributed by atoms with Crippen LogP contribution in [0.15, 0.2) is 34.3 Å². The predicted molar refractivity (Wildman–Crippen MR) is 86.1 cm³/mol. The number of nitrogens with zero attached hydrogens (tertiary/aromatic N) is 2. The van der Waals surface area contributed by atoms with E-state index < -0.39 is 30.2 Å². The standard InChI is InChI=1S/C14H12N2O6S2/c1-7-5-6-15-11-9(7)3-4-10-8(2)13(23(17,18)19)14(16-12(10)11)24(20,21)22/h3-6H,1-2H3,(H,17,18,19)(H,20,21,22). The first-order valence-electron chi connectivity index (χ1n) is 6.65. The largest absolute Gasteiger partial charge is 0.313 e. The van der Waals surface area contributed by atoms with E-state index in [-0.39, 0.29) is 11.1 Å². The Morgan fingerprint density at radius 3 is 2.08 bits per heavy atom. The second kappa shape index (κ2) is 5.18. The van der Waals surface area contributed by atoms with E-state index in [1.165, 1.54) is 13.1 Å². The summed E-state index contributed by atoms with van der Waals surface area (Å²) >= 11 is 0. The summed E-state index contributed by atoms with van der Waals surface area (Å²) in [6, 6.07) is 5.03. The van der Waals surface area contributed by atoms with Crippen LogP contribution in [-0.2, 0) is 20.2 Å². The van der Waals surface area contributed by atoms with Crippen LogP contribution in [0.2, 0.25) is 0 Å². The van der Waals surface area contributed by atoms with Crippen molar-refractivity contribution in [3.63, 3.8) is 0 Å². The van der Waals surface area contributed by atoms with Gasteiger partial charge < -0.3 is 0 Å². The quantitative estimate of drug-likeness (QED) is 0.517. The van der Waals surface area contributed by atoms with E-state index in [2.05, 4.69) is 9.97 Å². The highest BCUT2D eigenvalue weighted by atomic mass is 32.2. The van der Waals surface area contributed by atoms with Crippen LogP contribution in [0.25, 0.3) is 21.8 Å². The summed E-state index contributed by atoms with van der Waals surface area (Å²) in [5.74, 6) is 0. The van der Waals surface area contributed by atoms with E-state index in [1.807, 2.05) is 6.92 Å². The van der Waals surface area contributed by atoms with Gasteiger partial charge in [-0.25, -0.2) is 4.98 Å². The molecule has 3 aromatic rings. The Balaban J connectivity index is 2.67. The normalized spacial score (nSPS) is 12.8. The van der Waals surface area contributed by atoms with Gasteiger partial charge in [0, 0.05) is 17.0 Å². The highest BCUT2D eigenvalue weighted by Gasteiger charge is 2.30. The van der Waals surface area contributed by atoms with Crippen molar-refractivity contribution in [2.75, 3.05) is 0 Å². The van der Waals surface area contributed by atoms with Crippen LogP contribution in [0.4, 0.5) is 0 Å². The Morgan fingerprint density at radius 1 is 0.875 bits per heavy atom. The molecule has 0 aliphatic rings. The van der Waals surface area contributed by atoms with E-state index >= 15 is 0 Å². The van der Waals surface area contributed by atoms with Crippen LogP contribution in [0.5, 0.6) is 0 Å². The number of pyridine rings is 2. The van der Waals surface area contributed by atoms with E-state index in [0.29, 0.717) is 16.3 Å². The van der Waals surface area contributed by atoms with Crippen molar-refractivity contribution in [1.29, 1.82) is 0 Å². The molecule has 0 atom stereocenters. The zero-order valence-electron chi connectivity index (χ0n) is 12.5. The first kappa shape index (κ1) is 16.7. The molecule has 0 saturated heterocycles. The van der Waals surface area contributed by atoms with E-state index in [1.54, 1.807) is 18.2 Å². The molecule has 0 radical (unpaired) electrons. The summed E-state index contributed by atoms with van der Waals surface area (Å²) < 4.78 is 65.1. The number of aryl methyl sites for hydroxylation is 2. The fraction of sp³-hybridized carbons (Fsp3) is 0.143. The lowest BCUT2D eigenvalue weighted by Gasteiger charge is -2.12. The highest BCUT2D eigenvalue weighted by molar-refractivity contribution is 7.89. The molecule has 0 aliphatic heterocycles. The van der Waals surface area contributed by atoms with Gasteiger partial charge >= 0.3 is 10.1 Å². The minimum Gasteiger partial charge on any atom is -0.282 e. The predicted octanol–water partition coefficient (Wildman–Crippen LogP) is 1.89. The molecule has 24 heavy (non-hydrogen) atoms. The van der Waals surface area contributed by atoms with Crippen LogP contribution >= 0.6 is 0 Å². The Bertz CT molecular complexity index is 1220. The van der Waals surface area contributed by atoms with E-state index in [4.69, 9.17) is 0 Å². The summed E-state index contributed by atoms with van der Waals surface area (Å²) in [7, 11) is -9.91. The fourth-order valence-corrected chi connectivity index (χ4v) is 4.66. The number of fused-ring (bicyclic) bond motifs is 3. The SMILES string of the molecule is Cc1ccnc2c1ccc1c(C)c(S(=O)(=O)O)c(S(=O)(=O)O)nc12. The molecule has 0 spiro atoms. The van der Waals surface area contributed by atoms with Crippen LogP contribution in [0, 0.1) is 13.8 Å². The molecule has 3 rings (SSSR count). The summed E-state index contributed by atoms with van der Waals surface area (Å²) in [5.41, 5.74) is 1.31. The maximum absolute atomic E-state index is 11.6. The molecule has 2 N–H and O–H groups in total. The lowest BCUT2D eigenvalue weighted by Crippen LogP contribution is -2.13. The Kier molecular flexibility index (Phi) is 3.61. The smallest absolute Gasteiger partial charge is 0.282 e. The minimum atomic E-state index is -4.99. The van der Waals surface area contributed by atoms with Gasteiger partial charge in [-0.05, 0) is 31.0 Å². The van der Waals surface area contributed by atoms with Gasteiger partial charge in [-0.15, -0.1) is 0 Å². The third-order valence-corrected chi connectivity index (χ3v) is 5.69. The Morgan fingerprint density at radius 2 is 1.50 bits per heavy atom. The van der Waals surface area contributed by atoms with Gasteiger partial charge in [-0.3, -0.25) is 14.1 Å². The third kappa shape index (κ3) is 2.53. The summed E-state index contributed by atoms with van der Waals surface area (Å²) in [6.45, 7) is 3.16. The van der Waals surface area contributed by atoms with Crippen molar-refractivity contribution < 1.29 is 25.9 Å². The molecule has 1 aromatic carbocycles. The van der Waals surface area contributed by atoms with Gasteiger partial charge in [0.2, 0.25) is 5.03 Å². The van der Waals surface area contributed by atoms with Crippen molar-refractivity contribution in [2.45, 2.75) is 23.8 Å². The Hall–Kier alpha value is -2.14. The molecule has 0 saturated carbocycles. The highest BCUT2D eigenvalue weighted by Crippen LogP contribution is 2.33. The topological polar surface area (TPSA) is 135 Å². The molecule has 0 bridgehead atoms. The molecular formula is C14H12N2O6S2. The van der Waals surface area contributed by atoms with Crippen molar-refractivity contribution in [1.82, 2.24) is 9.97 Å². The van der Waals surface area contributed by atoms with Crippen molar-refractivity contribution in [3.05, 3.63) is 35.5 Å². The fourth-order valence-electron chi connectivity index (χ4n) is 2.67. The lowest BCUT2D eigenvalue weighted by molar-refractivity contribution is 0.462. The Labute approximate surface area is 137 Å². The van der Waals surface area contributed by atoms with Crippen LogP contribution in [0.3, 0.4) is 0 Å². The minimum absolute atomic E-state index is 0.0414. The van der Waals surface area contributed by atoms with Gasteiger partial charge in [0.25, 0.3) is 10.1 Å². The summed E-state index contributed by atoms with van der Waals surface area (Å²) in [5, 5.41) is -0.107. The number of hydrogen-bond acceptors (Lipinski definition) is 6. The van der Waals surface area contributed by atoms with Crippen molar-refractivity contribution >= 4 is 42.0 Å². The van der Waals surface area contributed by atoms with Crippen LogP contribution < -0.4 is 0 Å². The number of aromatic nitrogens is 2. The molecule has 8 nitrogen and oxygen atoms in total. The van der Waals surface area contributed by atoms with Crippen LogP contribution in [-0.4, -0.2) is 35.9 Å². The first-order chi connectivity index (χ1) is 11.0. The molecular weight excluding hydrogens is 356 g/mol. The molecule has 2 heterocycles. The summed E-state index contributed by atoms with van der Waals surface area (Å²) in [4.78, 5) is 7.04. The first-order valence-corrected chi connectivity index (χ1v) is 9.53. The van der Waals surface area contributed by atoms with E-state index in [9.17, 15) is 25.9 Å². The molecule has 0 amide bonds. The molecule has 10 heteroatoms.